The summed E-state index contributed by atoms with van der Waals surface area (Å²) in [5.74, 6) is -1.62. The first-order valence-corrected chi connectivity index (χ1v) is 8.57. The highest BCUT2D eigenvalue weighted by atomic mass is 35.5. The van der Waals surface area contributed by atoms with Gasteiger partial charge in [0.25, 0.3) is 5.56 Å². The molecule has 1 aliphatic heterocycles. The molecule has 4 nitrogen and oxygen atoms in total. The molecule has 1 aromatic heterocycles. The van der Waals surface area contributed by atoms with Crippen molar-refractivity contribution >= 4 is 11.6 Å². The molecule has 25 heavy (non-hydrogen) atoms. The highest BCUT2D eigenvalue weighted by Gasteiger charge is 2.21. The second kappa shape index (κ2) is 7.97. The Morgan fingerprint density at radius 3 is 2.80 bits per heavy atom. The van der Waals surface area contributed by atoms with Gasteiger partial charge in [0.15, 0.2) is 11.6 Å². The minimum absolute atomic E-state index is 0.0482. The van der Waals surface area contributed by atoms with Crippen molar-refractivity contribution in [2.45, 2.75) is 19.4 Å². The van der Waals surface area contributed by atoms with Gasteiger partial charge in [-0.1, -0.05) is 17.7 Å². The quantitative estimate of drug-likeness (QED) is 0.877. The van der Waals surface area contributed by atoms with Gasteiger partial charge in [0.1, 0.15) is 0 Å². The highest BCUT2D eigenvalue weighted by molar-refractivity contribution is 6.30. The molecule has 1 fully saturated rings. The van der Waals surface area contributed by atoms with E-state index in [2.05, 4.69) is 9.88 Å². The molecular weight excluding hydrogens is 350 g/mol. The lowest BCUT2D eigenvalue weighted by molar-refractivity contribution is 0.134. The lowest BCUT2D eigenvalue weighted by Gasteiger charge is -2.31. The molecule has 1 aromatic carbocycles. The molecule has 134 valence electrons. The third-order valence-corrected chi connectivity index (χ3v) is 4.65. The average molecular weight is 369 g/mol. The van der Waals surface area contributed by atoms with Gasteiger partial charge in [-0.15, -0.1) is 0 Å². The monoisotopic (exact) mass is 368 g/mol. The van der Waals surface area contributed by atoms with Gasteiger partial charge in [-0.25, -0.2) is 4.39 Å². The summed E-state index contributed by atoms with van der Waals surface area (Å²) in [6.07, 6.45) is 3.22. The molecular formula is C18H19ClF2N2O2. The molecule has 0 aliphatic carbocycles. The van der Waals surface area contributed by atoms with Crippen LogP contribution in [0.2, 0.25) is 5.02 Å². The Labute approximate surface area is 149 Å². The van der Waals surface area contributed by atoms with Gasteiger partial charge in [0, 0.05) is 18.3 Å². The smallest absolute Gasteiger partial charge is 0.252 e. The third-order valence-electron chi connectivity index (χ3n) is 4.44. The molecule has 1 aliphatic rings. The number of benzene rings is 1. The molecule has 3 rings (SSSR count). The summed E-state index contributed by atoms with van der Waals surface area (Å²) in [5.41, 5.74) is 0.514. The van der Waals surface area contributed by atoms with Crippen molar-refractivity contribution in [1.29, 1.82) is 0 Å². The zero-order valence-corrected chi connectivity index (χ0v) is 14.4. The number of hydrogen-bond acceptors (Lipinski definition) is 3. The number of nitrogens with zero attached hydrogens (tertiary/aromatic N) is 1. The molecule has 0 saturated carbocycles. The SMILES string of the molecule is O=c1[nH]cc(Cl)cc1CN1CCC(COc2cccc(F)c2F)CC1. The summed E-state index contributed by atoms with van der Waals surface area (Å²) >= 11 is 5.92. The number of likely N-dealkylation sites (tertiary alicyclic amines) is 1. The third kappa shape index (κ3) is 4.58. The maximum atomic E-state index is 13.6. The van der Waals surface area contributed by atoms with Crippen LogP contribution in [0.3, 0.4) is 0 Å². The van der Waals surface area contributed by atoms with Crippen LogP contribution in [-0.4, -0.2) is 29.6 Å². The van der Waals surface area contributed by atoms with Gasteiger partial charge in [-0.2, -0.15) is 4.39 Å². The first-order chi connectivity index (χ1) is 12.0. The van der Waals surface area contributed by atoms with E-state index in [1.165, 1.54) is 18.3 Å². The van der Waals surface area contributed by atoms with Crippen LogP contribution in [0.1, 0.15) is 18.4 Å². The van der Waals surface area contributed by atoms with Crippen molar-refractivity contribution in [1.82, 2.24) is 9.88 Å². The van der Waals surface area contributed by atoms with E-state index in [4.69, 9.17) is 16.3 Å². The van der Waals surface area contributed by atoms with Crippen LogP contribution in [0.25, 0.3) is 0 Å². The first kappa shape index (κ1) is 17.9. The van der Waals surface area contributed by atoms with E-state index >= 15 is 0 Å². The predicted molar refractivity (Wildman–Crippen MR) is 91.9 cm³/mol. The number of nitrogens with one attached hydrogen (secondary N) is 1. The van der Waals surface area contributed by atoms with Crippen molar-refractivity contribution in [2.75, 3.05) is 19.7 Å². The van der Waals surface area contributed by atoms with E-state index < -0.39 is 11.6 Å². The summed E-state index contributed by atoms with van der Waals surface area (Å²) in [7, 11) is 0. The van der Waals surface area contributed by atoms with Crippen molar-refractivity contribution < 1.29 is 13.5 Å². The molecule has 0 unspecified atom stereocenters. The molecule has 0 spiro atoms. The van der Waals surface area contributed by atoms with E-state index in [0.717, 1.165) is 32.0 Å². The maximum absolute atomic E-state index is 13.6. The van der Waals surface area contributed by atoms with E-state index in [-0.39, 0.29) is 17.2 Å². The molecule has 1 saturated heterocycles. The van der Waals surface area contributed by atoms with Crippen molar-refractivity contribution in [3.63, 3.8) is 0 Å². The minimum Gasteiger partial charge on any atom is -0.490 e. The molecule has 2 heterocycles. The van der Waals surface area contributed by atoms with Crippen LogP contribution in [0.15, 0.2) is 35.3 Å². The van der Waals surface area contributed by atoms with E-state index in [0.29, 0.717) is 23.7 Å². The average Bonchev–Trinajstić information content (AvgIpc) is 2.61. The summed E-state index contributed by atoms with van der Waals surface area (Å²) < 4.78 is 32.2. The molecule has 0 amide bonds. The Balaban J connectivity index is 1.49. The molecule has 2 aromatic rings. The van der Waals surface area contributed by atoms with Crippen LogP contribution in [-0.2, 0) is 6.54 Å². The Bertz CT molecular complexity index is 789. The summed E-state index contributed by atoms with van der Waals surface area (Å²) in [4.78, 5) is 16.6. The molecule has 1 N–H and O–H groups in total. The van der Waals surface area contributed by atoms with E-state index in [1.54, 1.807) is 6.07 Å². The second-order valence-corrected chi connectivity index (χ2v) is 6.69. The summed E-state index contributed by atoms with van der Waals surface area (Å²) in [6, 6.07) is 5.61. The second-order valence-electron chi connectivity index (χ2n) is 6.25. The zero-order chi connectivity index (χ0) is 17.8. The lowest BCUT2D eigenvalue weighted by atomic mass is 9.97. The van der Waals surface area contributed by atoms with E-state index in [9.17, 15) is 13.6 Å². The van der Waals surface area contributed by atoms with Gasteiger partial charge in [0.05, 0.1) is 11.6 Å². The number of hydrogen-bond donors (Lipinski definition) is 1. The number of piperidine rings is 1. The number of rotatable bonds is 5. The fourth-order valence-electron chi connectivity index (χ4n) is 2.97. The first-order valence-electron chi connectivity index (χ1n) is 8.19. The Kier molecular flexibility index (Phi) is 5.71. The zero-order valence-electron chi connectivity index (χ0n) is 13.6. The van der Waals surface area contributed by atoms with Crippen LogP contribution in [0.5, 0.6) is 5.75 Å². The topological polar surface area (TPSA) is 45.3 Å². The van der Waals surface area contributed by atoms with Crippen LogP contribution >= 0.6 is 11.6 Å². The maximum Gasteiger partial charge on any atom is 0.252 e. The largest absolute Gasteiger partial charge is 0.490 e. The molecule has 7 heteroatoms. The predicted octanol–water partition coefficient (Wildman–Crippen LogP) is 3.60. The van der Waals surface area contributed by atoms with Crippen LogP contribution < -0.4 is 10.3 Å². The lowest BCUT2D eigenvalue weighted by Crippen LogP contribution is -2.36. The van der Waals surface area contributed by atoms with E-state index in [1.807, 2.05) is 0 Å². The number of aromatic nitrogens is 1. The fraction of sp³-hybridized carbons (Fsp3) is 0.389. The van der Waals surface area contributed by atoms with Gasteiger partial charge in [0.2, 0.25) is 5.82 Å². The number of pyridine rings is 1. The van der Waals surface area contributed by atoms with Crippen LogP contribution in [0, 0.1) is 17.6 Å². The number of halogens is 3. The Morgan fingerprint density at radius 1 is 1.28 bits per heavy atom. The van der Waals surface area contributed by atoms with Gasteiger partial charge < -0.3 is 9.72 Å². The van der Waals surface area contributed by atoms with Crippen molar-refractivity contribution in [2.24, 2.45) is 5.92 Å². The summed E-state index contributed by atoms with van der Waals surface area (Å²) in [5, 5.41) is 0.509. The summed E-state index contributed by atoms with van der Waals surface area (Å²) in [6.45, 7) is 2.52. The highest BCUT2D eigenvalue weighted by Crippen LogP contribution is 2.23. The molecule has 0 bridgehead atoms. The molecule has 0 atom stereocenters. The van der Waals surface area contributed by atoms with Gasteiger partial charge in [-0.05, 0) is 50.0 Å². The van der Waals surface area contributed by atoms with Crippen molar-refractivity contribution in [3.05, 3.63) is 63.0 Å². The number of ether oxygens (including phenoxy) is 1. The minimum atomic E-state index is -0.944. The van der Waals surface area contributed by atoms with Crippen molar-refractivity contribution in [3.8, 4) is 5.75 Å². The number of H-pyrrole nitrogens is 1. The standard InChI is InChI=1S/C18H19ClF2N2O2/c19-14-8-13(18(24)22-9-14)10-23-6-4-12(5-7-23)11-25-16-3-1-2-15(20)17(16)21/h1-3,8-9,12H,4-7,10-11H2,(H,22,24). The normalized spacial score (nSPS) is 16.1. The van der Waals surface area contributed by atoms with Gasteiger partial charge in [-0.3, -0.25) is 9.69 Å². The fourth-order valence-corrected chi connectivity index (χ4v) is 3.16. The Hall–Kier alpha value is -1.92. The molecule has 0 radical (unpaired) electrons. The Morgan fingerprint density at radius 2 is 2.04 bits per heavy atom. The number of aromatic amines is 1. The van der Waals surface area contributed by atoms with Crippen LogP contribution in [0.4, 0.5) is 8.78 Å². The van der Waals surface area contributed by atoms with Gasteiger partial charge >= 0.3 is 0 Å².